The van der Waals surface area contributed by atoms with E-state index in [-0.39, 0.29) is 18.1 Å². The first-order chi connectivity index (χ1) is 13.1. The van der Waals surface area contributed by atoms with Gasteiger partial charge >= 0.3 is 0 Å². The third-order valence-corrected chi connectivity index (χ3v) is 6.98. The number of nitrogens with zero attached hydrogens (tertiary/aromatic N) is 2. The summed E-state index contributed by atoms with van der Waals surface area (Å²) in [5, 5.41) is 14.4. The Kier molecular flexibility index (Phi) is 4.40. The number of aliphatic hydroxyl groups excluding tert-OH is 1. The number of aliphatic hydroxyl groups is 1. The Balaban J connectivity index is 1.99. The van der Waals surface area contributed by atoms with E-state index in [0.717, 1.165) is 45.1 Å². The Morgan fingerprint density at radius 2 is 2.11 bits per heavy atom. The number of aromatic nitrogens is 3. The molecule has 0 saturated carbocycles. The Morgan fingerprint density at radius 1 is 1.36 bits per heavy atom. The molecule has 0 aliphatic heterocycles. The van der Waals surface area contributed by atoms with Gasteiger partial charge in [0.2, 0.25) is 5.95 Å². The molecule has 1 aliphatic carbocycles. The van der Waals surface area contributed by atoms with Crippen molar-refractivity contribution in [3.05, 3.63) is 35.7 Å². The molecular formula is C21H27N4O2P. The first kappa shape index (κ1) is 19.2. The van der Waals surface area contributed by atoms with Gasteiger partial charge in [-0.1, -0.05) is 26.0 Å². The summed E-state index contributed by atoms with van der Waals surface area (Å²) >= 11 is 0. The molecule has 0 fully saturated rings. The van der Waals surface area contributed by atoms with Crippen LogP contribution < -0.4 is 10.6 Å². The van der Waals surface area contributed by atoms with E-state index in [1.807, 2.05) is 25.3 Å². The number of para-hydroxylation sites is 1. The highest BCUT2D eigenvalue weighted by atomic mass is 31.2. The zero-order chi connectivity index (χ0) is 20.3. The monoisotopic (exact) mass is 398 g/mol. The zero-order valence-electron chi connectivity index (χ0n) is 17.0. The van der Waals surface area contributed by atoms with Gasteiger partial charge < -0.3 is 20.0 Å². The van der Waals surface area contributed by atoms with E-state index in [1.54, 1.807) is 13.3 Å². The summed E-state index contributed by atoms with van der Waals surface area (Å²) in [4.78, 5) is 12.9. The first-order valence-electron chi connectivity index (χ1n) is 9.56. The normalized spacial score (nSPS) is 16.5. The largest absolute Gasteiger partial charge is 0.394 e. The van der Waals surface area contributed by atoms with Crippen molar-refractivity contribution in [2.45, 2.75) is 38.6 Å². The van der Waals surface area contributed by atoms with Crippen molar-refractivity contribution in [3.8, 4) is 11.3 Å². The molecule has 1 aliphatic rings. The van der Waals surface area contributed by atoms with Crippen molar-refractivity contribution in [3.63, 3.8) is 0 Å². The van der Waals surface area contributed by atoms with Gasteiger partial charge in [-0.3, -0.25) is 0 Å². The standard InChI is InChI=1S/C21H27N4O2P/c1-12(11-26)23-20-22-10-13-9-21(2,3)19-16(17(13)25-20)14-7-6-8-15(18(14)24-19)28(4,5)27/h6-8,10,12,24,26H,9,11H2,1-5H3,(H,22,23,25)/t12-/m0/s1. The van der Waals surface area contributed by atoms with Gasteiger partial charge in [0.15, 0.2) is 0 Å². The van der Waals surface area contributed by atoms with E-state index in [4.69, 9.17) is 4.98 Å². The summed E-state index contributed by atoms with van der Waals surface area (Å²) in [6.07, 6.45) is 2.70. The molecular weight excluding hydrogens is 371 g/mol. The van der Waals surface area contributed by atoms with E-state index in [2.05, 4.69) is 35.2 Å². The van der Waals surface area contributed by atoms with Crippen molar-refractivity contribution < 1.29 is 9.67 Å². The van der Waals surface area contributed by atoms with Gasteiger partial charge in [0.1, 0.15) is 7.14 Å². The average molecular weight is 398 g/mol. The molecule has 3 aromatic rings. The van der Waals surface area contributed by atoms with Crippen LogP contribution in [0.3, 0.4) is 0 Å². The minimum atomic E-state index is -2.43. The first-order valence-corrected chi connectivity index (χ1v) is 12.2. The average Bonchev–Trinajstić information content (AvgIpc) is 3.02. The second kappa shape index (κ2) is 6.43. The maximum absolute atomic E-state index is 12.9. The predicted octanol–water partition coefficient (Wildman–Crippen LogP) is 3.50. The van der Waals surface area contributed by atoms with Crippen LogP contribution in [0.4, 0.5) is 5.95 Å². The minimum absolute atomic E-state index is 0.0114. The van der Waals surface area contributed by atoms with Gasteiger partial charge in [-0.15, -0.1) is 0 Å². The third kappa shape index (κ3) is 3.05. The quantitative estimate of drug-likeness (QED) is 0.585. The fourth-order valence-electron chi connectivity index (χ4n) is 4.06. The molecule has 2 heterocycles. The van der Waals surface area contributed by atoms with Crippen molar-refractivity contribution in [2.75, 3.05) is 25.3 Å². The van der Waals surface area contributed by atoms with Crippen LogP contribution in [0.15, 0.2) is 24.4 Å². The molecule has 148 valence electrons. The smallest absolute Gasteiger partial charge is 0.223 e. The van der Waals surface area contributed by atoms with Gasteiger partial charge in [0.25, 0.3) is 0 Å². The van der Waals surface area contributed by atoms with Gasteiger partial charge in [-0.2, -0.15) is 0 Å². The lowest BCUT2D eigenvalue weighted by Crippen LogP contribution is -2.27. The summed E-state index contributed by atoms with van der Waals surface area (Å²) in [6.45, 7) is 9.93. The number of aromatic amines is 1. The maximum Gasteiger partial charge on any atom is 0.223 e. The third-order valence-electron chi connectivity index (χ3n) is 5.45. The van der Waals surface area contributed by atoms with E-state index in [9.17, 15) is 9.67 Å². The van der Waals surface area contributed by atoms with Gasteiger partial charge in [-0.05, 0) is 38.3 Å². The highest BCUT2D eigenvalue weighted by molar-refractivity contribution is 7.70. The summed E-state index contributed by atoms with van der Waals surface area (Å²) in [5.74, 6) is 0.508. The highest BCUT2D eigenvalue weighted by Crippen LogP contribution is 2.47. The summed E-state index contributed by atoms with van der Waals surface area (Å²) in [5.41, 5.74) is 5.03. The number of fused-ring (bicyclic) bond motifs is 5. The number of benzene rings is 1. The Bertz CT molecular complexity index is 1110. The lowest BCUT2D eigenvalue weighted by molar-refractivity contribution is 0.281. The second-order valence-electron chi connectivity index (χ2n) is 8.78. The number of H-pyrrole nitrogens is 1. The maximum atomic E-state index is 12.9. The predicted molar refractivity (Wildman–Crippen MR) is 115 cm³/mol. The van der Waals surface area contributed by atoms with Crippen LogP contribution in [0, 0.1) is 0 Å². The number of nitrogens with one attached hydrogen (secondary N) is 2. The molecule has 0 bridgehead atoms. The van der Waals surface area contributed by atoms with Crippen LogP contribution in [-0.4, -0.2) is 46.0 Å². The lowest BCUT2D eigenvalue weighted by Gasteiger charge is -2.31. The molecule has 7 heteroatoms. The number of hydrogen-bond acceptors (Lipinski definition) is 5. The lowest BCUT2D eigenvalue weighted by atomic mass is 9.75. The summed E-state index contributed by atoms with van der Waals surface area (Å²) in [6, 6.07) is 5.87. The van der Waals surface area contributed by atoms with Crippen LogP contribution in [0.1, 0.15) is 32.0 Å². The molecule has 3 N–H and O–H groups in total. The van der Waals surface area contributed by atoms with Crippen molar-refractivity contribution in [1.82, 2.24) is 15.0 Å². The van der Waals surface area contributed by atoms with Crippen LogP contribution in [0.5, 0.6) is 0 Å². The van der Waals surface area contributed by atoms with Gasteiger partial charge in [0.05, 0.1) is 17.8 Å². The van der Waals surface area contributed by atoms with Gasteiger partial charge in [0, 0.05) is 39.6 Å². The SMILES string of the molecule is C[C@@H](CO)Nc1ncc2c(n1)-c1c([nH]c3c(P(C)(C)=O)cccc13)C(C)(C)C2. The van der Waals surface area contributed by atoms with E-state index >= 15 is 0 Å². The molecule has 0 amide bonds. The van der Waals surface area contributed by atoms with Crippen molar-refractivity contribution >= 4 is 29.3 Å². The molecule has 4 rings (SSSR count). The fraction of sp³-hybridized carbons (Fsp3) is 0.429. The fourth-order valence-corrected chi connectivity index (χ4v) is 5.22. The topological polar surface area (TPSA) is 90.9 Å². The van der Waals surface area contributed by atoms with Crippen molar-refractivity contribution in [1.29, 1.82) is 0 Å². The second-order valence-corrected chi connectivity index (χ2v) is 12.0. The van der Waals surface area contributed by atoms with Crippen LogP contribution >= 0.6 is 7.14 Å². The number of hydrogen-bond donors (Lipinski definition) is 3. The molecule has 0 spiro atoms. The molecule has 0 saturated heterocycles. The Labute approximate surface area is 165 Å². The summed E-state index contributed by atoms with van der Waals surface area (Å²) < 4.78 is 12.9. The molecule has 0 unspecified atom stereocenters. The van der Waals surface area contributed by atoms with E-state index < -0.39 is 7.14 Å². The molecule has 2 aromatic heterocycles. The van der Waals surface area contributed by atoms with Crippen LogP contribution in [-0.2, 0) is 16.4 Å². The number of rotatable bonds is 4. The van der Waals surface area contributed by atoms with Crippen LogP contribution in [0.25, 0.3) is 22.2 Å². The van der Waals surface area contributed by atoms with Crippen molar-refractivity contribution in [2.24, 2.45) is 0 Å². The number of anilines is 1. The molecule has 1 atom stereocenters. The molecule has 6 nitrogen and oxygen atoms in total. The van der Waals surface area contributed by atoms with E-state index in [1.165, 1.54) is 0 Å². The van der Waals surface area contributed by atoms with E-state index in [0.29, 0.717) is 5.95 Å². The molecule has 1 aromatic carbocycles. The molecule has 28 heavy (non-hydrogen) atoms. The van der Waals surface area contributed by atoms with Crippen LogP contribution in [0.2, 0.25) is 0 Å². The minimum Gasteiger partial charge on any atom is -0.394 e. The zero-order valence-corrected chi connectivity index (χ0v) is 17.9. The van der Waals surface area contributed by atoms with Gasteiger partial charge in [-0.25, -0.2) is 9.97 Å². The summed E-state index contributed by atoms with van der Waals surface area (Å²) in [7, 11) is -2.43. The Morgan fingerprint density at radius 3 is 2.79 bits per heavy atom. The Hall–Kier alpha value is -2.17. The highest BCUT2D eigenvalue weighted by Gasteiger charge is 2.36. The molecule has 0 radical (unpaired) electrons.